The maximum Gasteiger partial charge on any atom is 0.0541 e. The summed E-state index contributed by atoms with van der Waals surface area (Å²) in [4.78, 5) is 2.45. The molecule has 1 aliphatic carbocycles. The van der Waals surface area contributed by atoms with Crippen LogP contribution in [0.25, 0.3) is 55.3 Å². The Balaban J connectivity index is 1.11. The number of nitrogens with zero attached hydrogens (tertiary/aromatic N) is 2. The molecule has 0 bridgehead atoms. The van der Waals surface area contributed by atoms with Crippen molar-refractivity contribution in [3.8, 4) is 27.9 Å². The highest BCUT2D eigenvalue weighted by Crippen LogP contribution is 2.45. The van der Waals surface area contributed by atoms with Crippen LogP contribution in [-0.4, -0.2) is 4.57 Å². The van der Waals surface area contributed by atoms with Crippen molar-refractivity contribution >= 4 is 38.8 Å². The molecule has 1 unspecified atom stereocenters. The number of anilines is 2. The van der Waals surface area contributed by atoms with Crippen LogP contribution in [-0.2, 0) is 0 Å². The molecular formula is C54H40N2. The normalized spacial score (nSPS) is 14.0. The van der Waals surface area contributed by atoms with Gasteiger partial charge in [0.2, 0.25) is 0 Å². The Morgan fingerprint density at radius 2 is 0.875 bits per heavy atom. The van der Waals surface area contributed by atoms with Crippen molar-refractivity contribution in [2.24, 2.45) is 0 Å². The molecule has 1 heterocycles. The lowest BCUT2D eigenvalue weighted by Crippen LogP contribution is -2.21. The summed E-state index contributed by atoms with van der Waals surface area (Å²) in [5.74, 6) is 0.158. The first-order valence-electron chi connectivity index (χ1n) is 19.4. The van der Waals surface area contributed by atoms with Crippen LogP contribution in [0.4, 0.5) is 11.4 Å². The van der Waals surface area contributed by atoms with Crippen molar-refractivity contribution in [2.75, 3.05) is 4.90 Å². The van der Waals surface area contributed by atoms with E-state index in [-0.39, 0.29) is 5.92 Å². The van der Waals surface area contributed by atoms with Crippen LogP contribution < -0.4 is 4.90 Å². The second kappa shape index (κ2) is 14.6. The van der Waals surface area contributed by atoms with E-state index in [0.29, 0.717) is 0 Å². The van der Waals surface area contributed by atoms with E-state index >= 15 is 0 Å². The minimum absolute atomic E-state index is 0.158. The van der Waals surface area contributed by atoms with Crippen LogP contribution in [0.3, 0.4) is 0 Å². The van der Waals surface area contributed by atoms with E-state index in [1.165, 1.54) is 72.1 Å². The smallest absolute Gasteiger partial charge is 0.0541 e. The first kappa shape index (κ1) is 33.4. The van der Waals surface area contributed by atoms with E-state index in [1.807, 2.05) is 0 Å². The molecule has 0 radical (unpaired) electrons. The summed E-state index contributed by atoms with van der Waals surface area (Å²) in [6.07, 6.45) is 5.57. The predicted octanol–water partition coefficient (Wildman–Crippen LogP) is 14.4. The molecule has 0 aliphatic heterocycles. The Morgan fingerprint density at radius 1 is 0.393 bits per heavy atom. The minimum atomic E-state index is 0.158. The number of aromatic nitrogens is 1. The standard InChI is InChI=1S/C54H40N2/c1-5-15-39(16-6-1)41-25-30-46(31-26-41)55(47-32-27-42(28-33-47)40-17-7-2-8-18-40)48-34-35-49(51(38-48)43-19-9-3-10-20-43)44-29-36-54-52(37-44)50-23-13-14-24-53(50)56(54)45-21-11-4-12-22-45/h1-37,51H,38H2. The second-order valence-electron chi connectivity index (χ2n) is 14.5. The number of hydrogen-bond donors (Lipinski definition) is 0. The van der Waals surface area contributed by atoms with Crippen molar-refractivity contribution in [2.45, 2.75) is 12.3 Å². The fourth-order valence-electron chi connectivity index (χ4n) is 8.49. The molecule has 10 rings (SSSR count). The highest BCUT2D eigenvalue weighted by atomic mass is 15.1. The fourth-order valence-corrected chi connectivity index (χ4v) is 8.49. The van der Waals surface area contributed by atoms with Crippen molar-refractivity contribution in [3.63, 3.8) is 0 Å². The number of para-hydroxylation sites is 2. The molecule has 0 fully saturated rings. The van der Waals surface area contributed by atoms with E-state index in [1.54, 1.807) is 0 Å². The molecule has 56 heavy (non-hydrogen) atoms. The highest BCUT2D eigenvalue weighted by Gasteiger charge is 2.27. The van der Waals surface area contributed by atoms with E-state index in [4.69, 9.17) is 0 Å². The molecule has 1 aromatic heterocycles. The van der Waals surface area contributed by atoms with E-state index in [0.717, 1.165) is 17.8 Å². The van der Waals surface area contributed by atoms with Gasteiger partial charge in [-0.2, -0.15) is 0 Å². The van der Waals surface area contributed by atoms with Gasteiger partial charge >= 0.3 is 0 Å². The monoisotopic (exact) mass is 716 g/mol. The number of benzene rings is 8. The fraction of sp³-hybridized carbons (Fsp3) is 0.0370. The Labute approximate surface area is 328 Å². The van der Waals surface area contributed by atoms with Crippen molar-refractivity contribution in [1.29, 1.82) is 0 Å². The Bertz CT molecular complexity index is 2750. The molecule has 9 aromatic rings. The topological polar surface area (TPSA) is 8.17 Å². The molecule has 0 saturated heterocycles. The van der Waals surface area contributed by atoms with Crippen molar-refractivity contribution < 1.29 is 0 Å². The van der Waals surface area contributed by atoms with Crippen LogP contribution in [0.2, 0.25) is 0 Å². The van der Waals surface area contributed by atoms with Gasteiger partial charge in [0.1, 0.15) is 0 Å². The first-order chi connectivity index (χ1) is 27.8. The maximum atomic E-state index is 2.45. The van der Waals surface area contributed by atoms with Crippen LogP contribution in [0.5, 0.6) is 0 Å². The van der Waals surface area contributed by atoms with Crippen LogP contribution in [0.1, 0.15) is 23.5 Å². The molecule has 266 valence electrons. The predicted molar refractivity (Wildman–Crippen MR) is 237 cm³/mol. The lowest BCUT2D eigenvalue weighted by atomic mass is 9.80. The van der Waals surface area contributed by atoms with E-state index < -0.39 is 0 Å². The van der Waals surface area contributed by atoms with Crippen LogP contribution >= 0.6 is 0 Å². The molecule has 0 amide bonds. The van der Waals surface area contributed by atoms with Gasteiger partial charge in [0.25, 0.3) is 0 Å². The van der Waals surface area contributed by atoms with Crippen molar-refractivity contribution in [1.82, 2.24) is 4.57 Å². The molecule has 2 heteroatoms. The van der Waals surface area contributed by atoms with Gasteiger partial charge in [-0.1, -0.05) is 164 Å². The van der Waals surface area contributed by atoms with Gasteiger partial charge in [-0.3, -0.25) is 0 Å². The number of fused-ring (bicyclic) bond motifs is 3. The molecule has 1 aliphatic rings. The lowest BCUT2D eigenvalue weighted by Gasteiger charge is -2.34. The highest BCUT2D eigenvalue weighted by molar-refractivity contribution is 6.10. The van der Waals surface area contributed by atoms with Gasteiger partial charge < -0.3 is 9.47 Å². The summed E-state index contributed by atoms with van der Waals surface area (Å²) in [5.41, 5.74) is 15.9. The minimum Gasteiger partial charge on any atom is -0.314 e. The lowest BCUT2D eigenvalue weighted by molar-refractivity contribution is 0.811. The Hall–Kier alpha value is -7.16. The zero-order valence-corrected chi connectivity index (χ0v) is 31.0. The average molecular weight is 717 g/mol. The summed E-state index contributed by atoms with van der Waals surface area (Å²) in [7, 11) is 0. The second-order valence-corrected chi connectivity index (χ2v) is 14.5. The quantitative estimate of drug-likeness (QED) is 0.152. The maximum absolute atomic E-state index is 2.45. The Kier molecular flexibility index (Phi) is 8.70. The molecule has 0 spiro atoms. The van der Waals surface area contributed by atoms with E-state index in [2.05, 4.69) is 234 Å². The number of hydrogen-bond acceptors (Lipinski definition) is 1. The number of rotatable bonds is 8. The van der Waals surface area contributed by atoms with Gasteiger partial charge in [-0.25, -0.2) is 0 Å². The average Bonchev–Trinajstić information content (AvgIpc) is 3.62. The summed E-state index contributed by atoms with van der Waals surface area (Å²) < 4.78 is 2.39. The van der Waals surface area contributed by atoms with Crippen LogP contribution in [0.15, 0.2) is 230 Å². The first-order valence-corrected chi connectivity index (χ1v) is 19.4. The van der Waals surface area contributed by atoms with Crippen LogP contribution in [0, 0.1) is 0 Å². The van der Waals surface area contributed by atoms with Gasteiger partial charge in [0.05, 0.1) is 11.0 Å². The summed E-state index contributed by atoms with van der Waals surface area (Å²) in [6.45, 7) is 0. The molecule has 2 nitrogen and oxygen atoms in total. The largest absolute Gasteiger partial charge is 0.314 e. The van der Waals surface area contributed by atoms with Crippen molar-refractivity contribution in [3.05, 3.63) is 241 Å². The third-order valence-electron chi connectivity index (χ3n) is 11.2. The molecule has 1 atom stereocenters. The van der Waals surface area contributed by atoms with Gasteiger partial charge in [-0.05, 0) is 106 Å². The van der Waals surface area contributed by atoms with Gasteiger partial charge in [0, 0.05) is 39.4 Å². The zero-order chi connectivity index (χ0) is 37.3. The molecule has 8 aromatic carbocycles. The molecule has 0 N–H and O–H groups in total. The van der Waals surface area contributed by atoms with E-state index in [9.17, 15) is 0 Å². The summed E-state index contributed by atoms with van der Waals surface area (Å²) in [5, 5.41) is 2.53. The third kappa shape index (κ3) is 6.22. The molecule has 0 saturated carbocycles. The third-order valence-corrected chi connectivity index (χ3v) is 11.2. The summed E-state index contributed by atoms with van der Waals surface area (Å²) in [6, 6.07) is 76.8. The zero-order valence-electron chi connectivity index (χ0n) is 31.0. The summed E-state index contributed by atoms with van der Waals surface area (Å²) >= 11 is 0. The Morgan fingerprint density at radius 3 is 1.48 bits per heavy atom. The van der Waals surface area contributed by atoms with Gasteiger partial charge in [0.15, 0.2) is 0 Å². The van der Waals surface area contributed by atoms with Gasteiger partial charge in [-0.15, -0.1) is 0 Å². The number of allylic oxidation sites excluding steroid dienone is 4. The SMILES string of the molecule is C1=C(c2ccc3c(c2)c2ccccc2n3-c2ccccc2)C(c2ccccc2)CC(N(c2ccc(-c3ccccc3)cc2)c2ccc(-c3ccccc3)cc2)=C1. The molecular weight excluding hydrogens is 677 g/mol.